The number of aliphatic hydroxyl groups is 1. The fourth-order valence-corrected chi connectivity index (χ4v) is 2.28. The number of nitrogens with one attached hydrogen (secondary N) is 2. The average Bonchev–Trinajstić information content (AvgIpc) is 2.79. The molecule has 0 radical (unpaired) electrons. The summed E-state index contributed by atoms with van der Waals surface area (Å²) in [4.78, 5) is 22.7. The molecular formula is C10H15N5O5. The number of anilines is 1. The van der Waals surface area contributed by atoms with E-state index >= 15 is 0 Å². The lowest BCUT2D eigenvalue weighted by Gasteiger charge is -2.19. The second-order valence-electron chi connectivity index (χ2n) is 4.55. The Labute approximate surface area is 113 Å². The van der Waals surface area contributed by atoms with E-state index in [0.717, 1.165) is 6.20 Å². The van der Waals surface area contributed by atoms with Crippen LogP contribution in [0.25, 0.3) is 0 Å². The minimum Gasteiger partial charge on any atom is -0.465 e. The molecule has 2 rings (SSSR count). The van der Waals surface area contributed by atoms with E-state index in [0.29, 0.717) is 25.9 Å². The van der Waals surface area contributed by atoms with Crippen LogP contribution in [0.1, 0.15) is 12.8 Å². The lowest BCUT2D eigenvalue weighted by Crippen LogP contribution is -2.42. The standard InChI is InChI=1S/C10H15N5O5/c16-8-2-4-14(3-1-6(8)12-10(17)18)9-7(15(19)20)5-11-13-9/h5-6,8,12,16H,1-4H2,(H,11,13)(H,17,18). The maximum atomic E-state index is 10.9. The molecule has 2 atom stereocenters. The molecule has 1 aromatic rings. The van der Waals surface area contributed by atoms with Crippen LogP contribution in [0.2, 0.25) is 0 Å². The fraction of sp³-hybridized carbons (Fsp3) is 0.600. The van der Waals surface area contributed by atoms with E-state index in [1.54, 1.807) is 4.90 Å². The van der Waals surface area contributed by atoms with Crippen molar-refractivity contribution in [3.63, 3.8) is 0 Å². The molecular weight excluding hydrogens is 270 g/mol. The van der Waals surface area contributed by atoms with E-state index in [9.17, 15) is 20.0 Å². The summed E-state index contributed by atoms with van der Waals surface area (Å²) in [5, 5.41) is 37.9. The molecule has 1 saturated heterocycles. The number of aromatic nitrogens is 2. The van der Waals surface area contributed by atoms with Gasteiger partial charge in [0.25, 0.3) is 0 Å². The maximum Gasteiger partial charge on any atom is 0.404 e. The highest BCUT2D eigenvalue weighted by Crippen LogP contribution is 2.27. The molecule has 0 bridgehead atoms. The van der Waals surface area contributed by atoms with Crippen molar-refractivity contribution >= 4 is 17.6 Å². The van der Waals surface area contributed by atoms with Gasteiger partial charge < -0.3 is 20.4 Å². The molecule has 10 nitrogen and oxygen atoms in total. The summed E-state index contributed by atoms with van der Waals surface area (Å²) in [7, 11) is 0. The number of nitro groups is 1. The number of rotatable bonds is 3. The third-order valence-electron chi connectivity index (χ3n) is 3.29. The van der Waals surface area contributed by atoms with Gasteiger partial charge in [0, 0.05) is 13.1 Å². The van der Waals surface area contributed by atoms with Gasteiger partial charge in [-0.1, -0.05) is 0 Å². The minimum atomic E-state index is -1.20. The predicted octanol–water partition coefficient (Wildman–Crippen LogP) is -0.0848. The monoisotopic (exact) mass is 285 g/mol. The highest BCUT2D eigenvalue weighted by atomic mass is 16.6. The van der Waals surface area contributed by atoms with Crippen LogP contribution in [-0.2, 0) is 0 Å². The summed E-state index contributed by atoms with van der Waals surface area (Å²) in [6.45, 7) is 0.757. The van der Waals surface area contributed by atoms with Crippen molar-refractivity contribution < 1.29 is 19.9 Å². The summed E-state index contributed by atoms with van der Waals surface area (Å²) in [5.74, 6) is 0.276. The molecule has 1 fully saturated rings. The molecule has 1 aliphatic heterocycles. The summed E-state index contributed by atoms with van der Waals surface area (Å²) < 4.78 is 0. The van der Waals surface area contributed by atoms with Crippen molar-refractivity contribution in [2.24, 2.45) is 0 Å². The Hall–Kier alpha value is -2.36. The molecule has 1 aromatic heterocycles. The largest absolute Gasteiger partial charge is 0.465 e. The zero-order valence-electron chi connectivity index (χ0n) is 10.5. The van der Waals surface area contributed by atoms with Gasteiger partial charge in [0.1, 0.15) is 6.20 Å². The molecule has 10 heteroatoms. The number of carbonyl (C=O) groups is 1. The van der Waals surface area contributed by atoms with E-state index in [2.05, 4.69) is 15.5 Å². The Morgan fingerprint density at radius 3 is 2.90 bits per heavy atom. The Morgan fingerprint density at radius 1 is 1.55 bits per heavy atom. The molecule has 20 heavy (non-hydrogen) atoms. The van der Waals surface area contributed by atoms with E-state index in [-0.39, 0.29) is 11.5 Å². The topological polar surface area (TPSA) is 145 Å². The summed E-state index contributed by atoms with van der Waals surface area (Å²) in [5.41, 5.74) is -0.135. The van der Waals surface area contributed by atoms with Crippen LogP contribution < -0.4 is 10.2 Å². The number of carboxylic acid groups (broad SMARTS) is 1. The lowest BCUT2D eigenvalue weighted by molar-refractivity contribution is -0.384. The molecule has 0 spiro atoms. The molecule has 0 aromatic carbocycles. The van der Waals surface area contributed by atoms with Gasteiger partial charge in [-0.25, -0.2) is 4.79 Å². The Morgan fingerprint density at radius 2 is 2.25 bits per heavy atom. The first kappa shape index (κ1) is 14.1. The number of aromatic amines is 1. The first-order chi connectivity index (χ1) is 9.49. The predicted molar refractivity (Wildman–Crippen MR) is 67.6 cm³/mol. The quantitative estimate of drug-likeness (QED) is 0.448. The zero-order chi connectivity index (χ0) is 14.7. The second-order valence-corrected chi connectivity index (χ2v) is 4.55. The SMILES string of the molecule is O=C(O)NC1CCN(c2[nH]ncc2[N+](=O)[O-])CCC1O. The van der Waals surface area contributed by atoms with Crippen LogP contribution in [0.3, 0.4) is 0 Å². The molecule has 4 N–H and O–H groups in total. The molecule has 1 amide bonds. The summed E-state index contributed by atoms with van der Waals surface area (Å²) in [6, 6.07) is -0.584. The van der Waals surface area contributed by atoms with Crippen molar-refractivity contribution in [3.05, 3.63) is 16.3 Å². The Bertz CT molecular complexity index is 504. The smallest absolute Gasteiger partial charge is 0.404 e. The van der Waals surface area contributed by atoms with E-state index < -0.39 is 23.2 Å². The van der Waals surface area contributed by atoms with Crippen molar-refractivity contribution in [1.29, 1.82) is 0 Å². The number of amides is 1. The van der Waals surface area contributed by atoms with Gasteiger partial charge in [-0.05, 0) is 12.8 Å². The molecule has 0 aliphatic carbocycles. The number of nitrogens with zero attached hydrogens (tertiary/aromatic N) is 3. The molecule has 1 aliphatic rings. The van der Waals surface area contributed by atoms with Crippen molar-refractivity contribution in [1.82, 2.24) is 15.5 Å². The highest BCUT2D eigenvalue weighted by Gasteiger charge is 2.29. The first-order valence-electron chi connectivity index (χ1n) is 6.09. The van der Waals surface area contributed by atoms with E-state index in [1.165, 1.54) is 0 Å². The van der Waals surface area contributed by atoms with Gasteiger partial charge in [-0.2, -0.15) is 5.10 Å². The van der Waals surface area contributed by atoms with Crippen LogP contribution in [-0.4, -0.2) is 56.7 Å². The summed E-state index contributed by atoms with van der Waals surface area (Å²) in [6.07, 6.45) is -0.234. The zero-order valence-corrected chi connectivity index (χ0v) is 10.5. The molecule has 0 saturated carbocycles. The minimum absolute atomic E-state index is 0.135. The van der Waals surface area contributed by atoms with Crippen LogP contribution in [0.4, 0.5) is 16.3 Å². The van der Waals surface area contributed by atoms with Gasteiger partial charge >= 0.3 is 11.8 Å². The Balaban J connectivity index is 2.10. The summed E-state index contributed by atoms with van der Waals surface area (Å²) >= 11 is 0. The fourth-order valence-electron chi connectivity index (χ4n) is 2.28. The van der Waals surface area contributed by atoms with Crippen LogP contribution in [0.5, 0.6) is 0 Å². The normalized spacial score (nSPS) is 23.1. The number of H-pyrrole nitrogens is 1. The lowest BCUT2D eigenvalue weighted by atomic mass is 10.1. The van der Waals surface area contributed by atoms with Crippen molar-refractivity contribution in [2.75, 3.05) is 18.0 Å². The van der Waals surface area contributed by atoms with Crippen LogP contribution in [0, 0.1) is 10.1 Å². The van der Waals surface area contributed by atoms with Crippen LogP contribution >= 0.6 is 0 Å². The van der Waals surface area contributed by atoms with Gasteiger partial charge in [-0.15, -0.1) is 0 Å². The third kappa shape index (κ3) is 2.96. The van der Waals surface area contributed by atoms with Gasteiger partial charge in [0.15, 0.2) is 0 Å². The number of hydrogen-bond donors (Lipinski definition) is 4. The van der Waals surface area contributed by atoms with Gasteiger partial charge in [-0.3, -0.25) is 15.2 Å². The maximum absolute atomic E-state index is 10.9. The van der Waals surface area contributed by atoms with E-state index in [4.69, 9.17) is 5.11 Å². The average molecular weight is 285 g/mol. The first-order valence-corrected chi connectivity index (χ1v) is 6.09. The van der Waals surface area contributed by atoms with Crippen molar-refractivity contribution in [3.8, 4) is 0 Å². The van der Waals surface area contributed by atoms with Gasteiger partial charge in [0.2, 0.25) is 5.82 Å². The Kier molecular flexibility index (Phi) is 4.03. The molecule has 2 heterocycles. The van der Waals surface area contributed by atoms with Crippen LogP contribution in [0.15, 0.2) is 6.20 Å². The van der Waals surface area contributed by atoms with Gasteiger partial charge in [0.05, 0.1) is 17.1 Å². The number of hydrogen-bond acceptors (Lipinski definition) is 6. The highest BCUT2D eigenvalue weighted by molar-refractivity contribution is 5.65. The molecule has 2 unspecified atom stereocenters. The number of aliphatic hydroxyl groups excluding tert-OH is 1. The second kappa shape index (κ2) is 5.74. The molecule has 110 valence electrons. The third-order valence-corrected chi connectivity index (χ3v) is 3.29. The van der Waals surface area contributed by atoms with Crippen molar-refractivity contribution in [2.45, 2.75) is 25.0 Å². The van der Waals surface area contributed by atoms with E-state index in [1.807, 2.05) is 0 Å².